The molecule has 4 bridgehead atoms. The van der Waals surface area contributed by atoms with Gasteiger partial charge in [0, 0.05) is 6.42 Å². The van der Waals surface area contributed by atoms with Gasteiger partial charge in [0.15, 0.2) is 42.6 Å². The number of ether oxygens (including phenoxy) is 5. The van der Waals surface area contributed by atoms with Gasteiger partial charge in [-0.15, -0.1) is 0 Å². The molecule has 6 aromatic carbocycles. The Labute approximate surface area is 437 Å². The highest BCUT2D eigenvalue weighted by Crippen LogP contribution is 2.60. The molecule has 380 valence electrons. The molecule has 4 fully saturated rings. The van der Waals surface area contributed by atoms with Gasteiger partial charge in [-0.1, -0.05) is 86.6 Å². The maximum Gasteiger partial charge on any atom is 0.349 e. The SMILES string of the molecule is CCC(C)(C)C(=O)OC12CC3CC(C1)CC(Oc1ccc([S+](c4ccccc4)c4ccccc4)cc1)(C3)C2.CCC(C)(C)C(=O)OCC(=O)OCC(=O)Oc1ccc([S+](c2ccccc2)c2ccccc2)cc1. The summed E-state index contributed by atoms with van der Waals surface area (Å²) in [4.78, 5) is 56.3. The van der Waals surface area contributed by atoms with Crippen molar-refractivity contribution in [2.75, 3.05) is 13.2 Å². The van der Waals surface area contributed by atoms with Crippen LogP contribution >= 0.6 is 0 Å². The molecular formula is C62H68O9S2+2. The summed E-state index contributed by atoms with van der Waals surface area (Å²) in [5, 5.41) is 0. The molecule has 73 heavy (non-hydrogen) atoms. The van der Waals surface area contributed by atoms with Crippen LogP contribution in [0.5, 0.6) is 11.5 Å². The number of carbonyl (C=O) groups excluding carboxylic acids is 4. The lowest BCUT2D eigenvalue weighted by Gasteiger charge is -2.60. The Kier molecular flexibility index (Phi) is 16.9. The molecule has 2 atom stereocenters. The van der Waals surface area contributed by atoms with Crippen molar-refractivity contribution in [3.8, 4) is 11.5 Å². The van der Waals surface area contributed by atoms with Crippen molar-refractivity contribution >= 4 is 45.7 Å². The van der Waals surface area contributed by atoms with E-state index in [1.165, 1.54) is 30.9 Å². The second kappa shape index (κ2) is 23.3. The highest BCUT2D eigenvalue weighted by molar-refractivity contribution is 7.97. The molecular weight excluding hydrogens is 953 g/mol. The van der Waals surface area contributed by atoms with Crippen LogP contribution in [0.1, 0.15) is 92.9 Å². The molecule has 4 aliphatic carbocycles. The summed E-state index contributed by atoms with van der Waals surface area (Å²) in [7, 11) is -0.481. The molecule has 0 amide bonds. The van der Waals surface area contributed by atoms with Crippen molar-refractivity contribution in [2.45, 2.75) is 133 Å². The van der Waals surface area contributed by atoms with E-state index < -0.39 is 42.0 Å². The monoisotopic (exact) mass is 1020 g/mol. The average molecular weight is 1020 g/mol. The molecule has 11 heteroatoms. The third-order valence-corrected chi connectivity index (χ3v) is 18.9. The first-order valence-electron chi connectivity index (χ1n) is 25.4. The Bertz CT molecular complexity index is 2690. The first-order valence-corrected chi connectivity index (χ1v) is 27.9. The normalized spacial score (nSPS) is 19.8. The van der Waals surface area contributed by atoms with Gasteiger partial charge < -0.3 is 23.7 Å². The molecule has 0 aromatic heterocycles. The second-order valence-electron chi connectivity index (χ2n) is 20.8. The van der Waals surface area contributed by atoms with Gasteiger partial charge in [0.2, 0.25) is 0 Å². The molecule has 0 heterocycles. The van der Waals surface area contributed by atoms with Gasteiger partial charge in [0.05, 0.1) is 32.6 Å². The summed E-state index contributed by atoms with van der Waals surface area (Å²) in [5.41, 5.74) is -1.72. The van der Waals surface area contributed by atoms with Crippen LogP contribution in [-0.2, 0) is 55.2 Å². The van der Waals surface area contributed by atoms with E-state index in [0.29, 0.717) is 24.0 Å². The van der Waals surface area contributed by atoms with Crippen molar-refractivity contribution in [1.82, 2.24) is 0 Å². The first kappa shape index (κ1) is 53.0. The van der Waals surface area contributed by atoms with Crippen LogP contribution in [0.3, 0.4) is 0 Å². The number of carbonyl (C=O) groups is 4. The Balaban J connectivity index is 0.000000196. The Morgan fingerprint density at radius 2 is 0.836 bits per heavy atom. The molecule has 4 saturated carbocycles. The zero-order valence-corrected chi connectivity index (χ0v) is 44.5. The maximum atomic E-state index is 13.1. The molecule has 0 aliphatic heterocycles. The van der Waals surface area contributed by atoms with E-state index in [9.17, 15) is 19.2 Å². The highest BCUT2D eigenvalue weighted by Gasteiger charge is 2.61. The zero-order chi connectivity index (χ0) is 51.6. The molecule has 0 saturated heterocycles. The third kappa shape index (κ3) is 13.3. The number of hydrogen-bond acceptors (Lipinski definition) is 9. The van der Waals surface area contributed by atoms with Crippen molar-refractivity contribution in [3.63, 3.8) is 0 Å². The lowest BCUT2D eigenvalue weighted by atomic mass is 9.52. The fourth-order valence-electron chi connectivity index (χ4n) is 10.2. The van der Waals surface area contributed by atoms with Gasteiger partial charge in [-0.05, 0) is 182 Å². The quantitative estimate of drug-likeness (QED) is 0.0359. The van der Waals surface area contributed by atoms with Crippen LogP contribution in [0, 0.1) is 22.7 Å². The average Bonchev–Trinajstić information content (AvgIpc) is 3.39. The number of rotatable bonds is 18. The predicted molar refractivity (Wildman–Crippen MR) is 286 cm³/mol. The topological polar surface area (TPSA) is 114 Å². The van der Waals surface area contributed by atoms with Crippen LogP contribution in [0.25, 0.3) is 0 Å². The van der Waals surface area contributed by atoms with E-state index in [4.69, 9.17) is 23.7 Å². The fraction of sp³-hybridized carbons (Fsp3) is 0.355. The number of hydrogen-bond donors (Lipinski definition) is 0. The fourth-order valence-corrected chi connectivity index (χ4v) is 14.4. The minimum Gasteiger partial charge on any atom is -0.487 e. The minimum atomic E-state index is -0.813. The van der Waals surface area contributed by atoms with Gasteiger partial charge in [-0.25, -0.2) is 9.59 Å². The summed E-state index contributed by atoms with van der Waals surface area (Å²) in [6.07, 6.45) is 7.56. The highest BCUT2D eigenvalue weighted by atomic mass is 32.2. The van der Waals surface area contributed by atoms with Crippen LogP contribution in [-0.4, -0.2) is 48.3 Å². The van der Waals surface area contributed by atoms with Crippen molar-refractivity contribution < 1.29 is 42.9 Å². The van der Waals surface area contributed by atoms with Crippen molar-refractivity contribution in [1.29, 1.82) is 0 Å². The Morgan fingerprint density at radius 1 is 0.466 bits per heavy atom. The maximum absolute atomic E-state index is 13.1. The van der Waals surface area contributed by atoms with Crippen molar-refractivity contribution in [2.24, 2.45) is 22.7 Å². The van der Waals surface area contributed by atoms with Gasteiger partial charge in [0.1, 0.15) is 22.7 Å². The molecule has 2 unspecified atom stereocenters. The molecule has 0 radical (unpaired) electrons. The summed E-state index contributed by atoms with van der Waals surface area (Å²) < 4.78 is 28.4. The molecule has 9 nitrogen and oxygen atoms in total. The summed E-state index contributed by atoms with van der Waals surface area (Å²) in [6, 6.07) is 58.0. The molecule has 4 aliphatic rings. The minimum absolute atomic E-state index is 0.0460. The zero-order valence-electron chi connectivity index (χ0n) is 42.9. The van der Waals surface area contributed by atoms with Crippen molar-refractivity contribution in [3.05, 3.63) is 170 Å². The first-order chi connectivity index (χ1) is 35.1. The molecule has 0 spiro atoms. The summed E-state index contributed by atoms with van der Waals surface area (Å²) in [6.45, 7) is 10.3. The van der Waals surface area contributed by atoms with Crippen LogP contribution < -0.4 is 9.47 Å². The van der Waals surface area contributed by atoms with Crippen LogP contribution in [0.2, 0.25) is 0 Å². The molecule has 0 N–H and O–H groups in total. The second-order valence-corrected chi connectivity index (χ2v) is 24.9. The lowest BCUT2D eigenvalue weighted by molar-refractivity contribution is -0.219. The third-order valence-electron chi connectivity index (χ3n) is 14.4. The van der Waals surface area contributed by atoms with E-state index in [-0.39, 0.29) is 39.0 Å². The van der Waals surface area contributed by atoms with E-state index >= 15 is 0 Å². The summed E-state index contributed by atoms with van der Waals surface area (Å²) >= 11 is 0. The van der Waals surface area contributed by atoms with E-state index in [0.717, 1.165) is 49.2 Å². The number of benzene rings is 6. The van der Waals surface area contributed by atoms with Crippen LogP contribution in [0.15, 0.2) is 199 Å². The largest absolute Gasteiger partial charge is 0.487 e. The molecule has 10 rings (SSSR count). The lowest BCUT2D eigenvalue weighted by Crippen LogP contribution is -2.63. The van der Waals surface area contributed by atoms with Gasteiger partial charge >= 0.3 is 23.9 Å². The van der Waals surface area contributed by atoms with Gasteiger partial charge in [-0.3, -0.25) is 9.59 Å². The number of esters is 4. The summed E-state index contributed by atoms with van der Waals surface area (Å²) in [5.74, 6) is 0.347. The van der Waals surface area contributed by atoms with Crippen LogP contribution in [0.4, 0.5) is 0 Å². The Morgan fingerprint density at radius 3 is 1.26 bits per heavy atom. The van der Waals surface area contributed by atoms with Gasteiger partial charge in [-0.2, -0.15) is 0 Å². The van der Waals surface area contributed by atoms with E-state index in [2.05, 4.69) is 116 Å². The smallest absolute Gasteiger partial charge is 0.349 e. The van der Waals surface area contributed by atoms with Gasteiger partial charge in [0.25, 0.3) is 0 Å². The van der Waals surface area contributed by atoms with E-state index in [1.807, 2.05) is 69.3 Å². The Hall–Kier alpha value is -6.30. The predicted octanol–water partition coefficient (Wildman–Crippen LogP) is 13.4. The standard InChI is InChI=1S/C34H39O3S.C28H29O6S/c1-4-32(2,3)31(35)37-34-22-25-19-26(23-34)21-33(20-25,24-34)36-27-15-17-30(18-16-27)38(28-11-7-5-8-12-28)29-13-9-6-10-14-29;1-4-28(2,3)27(31)33-19-25(29)32-20-26(30)34-21-15-17-24(18-16-21)35(22-11-7-5-8-12-22)23-13-9-6-10-14-23/h5-18,25-26H,4,19-24H2,1-3H3;5-18H,4,19-20H2,1-3H3/q2*+1. The molecule has 6 aromatic rings. The van der Waals surface area contributed by atoms with E-state index in [1.54, 1.807) is 26.0 Å².